The van der Waals surface area contributed by atoms with Crippen LogP contribution in [0.15, 0.2) is 48.7 Å². The standard InChI is InChI=1S/C23H22FN3O3S/c24-19-5-2-1-4-15(19)13-18-14-25-23(31-18)27-21(28)6-3-11-30-17-8-9-20-16(12-17)7-10-22(29)26-20/h1-2,4-5,8-9,12,14H,3,6-7,10-11,13H2,(H,26,29)(H,25,27,28). The van der Waals surface area contributed by atoms with E-state index in [9.17, 15) is 14.0 Å². The molecule has 0 radical (unpaired) electrons. The van der Waals surface area contributed by atoms with Gasteiger partial charge in [-0.25, -0.2) is 9.37 Å². The zero-order valence-electron chi connectivity index (χ0n) is 16.8. The van der Waals surface area contributed by atoms with Crippen LogP contribution in [0.25, 0.3) is 0 Å². The van der Waals surface area contributed by atoms with E-state index in [1.54, 1.807) is 24.4 Å². The molecule has 8 heteroatoms. The second kappa shape index (κ2) is 9.70. The highest BCUT2D eigenvalue weighted by atomic mass is 32.1. The number of hydrogen-bond donors (Lipinski definition) is 2. The van der Waals surface area contributed by atoms with Gasteiger partial charge in [0.25, 0.3) is 0 Å². The largest absolute Gasteiger partial charge is 0.494 e. The van der Waals surface area contributed by atoms with Gasteiger partial charge in [-0.15, -0.1) is 11.3 Å². The predicted molar refractivity (Wildman–Crippen MR) is 118 cm³/mol. The number of halogens is 1. The second-order valence-corrected chi connectivity index (χ2v) is 8.38. The number of nitrogens with one attached hydrogen (secondary N) is 2. The fourth-order valence-electron chi connectivity index (χ4n) is 3.33. The molecular weight excluding hydrogens is 417 g/mol. The summed E-state index contributed by atoms with van der Waals surface area (Å²) in [5, 5.41) is 6.13. The van der Waals surface area contributed by atoms with Crippen molar-refractivity contribution in [1.29, 1.82) is 0 Å². The highest BCUT2D eigenvalue weighted by Crippen LogP contribution is 2.27. The number of thiazole rings is 1. The van der Waals surface area contributed by atoms with Crippen molar-refractivity contribution in [2.75, 3.05) is 17.2 Å². The van der Waals surface area contributed by atoms with Crippen LogP contribution in [0.5, 0.6) is 5.75 Å². The maximum absolute atomic E-state index is 13.8. The van der Waals surface area contributed by atoms with Crippen LogP contribution < -0.4 is 15.4 Å². The maximum atomic E-state index is 13.8. The SMILES string of the molecule is O=C(CCCOc1ccc2c(c1)CCC(=O)N2)Nc1ncc(Cc2ccccc2F)s1. The third-order valence-electron chi connectivity index (χ3n) is 4.91. The van der Waals surface area contributed by atoms with Crippen LogP contribution in [-0.4, -0.2) is 23.4 Å². The Morgan fingerprint density at radius 1 is 1.23 bits per heavy atom. The van der Waals surface area contributed by atoms with Gasteiger partial charge in [-0.05, 0) is 48.2 Å². The third kappa shape index (κ3) is 5.67. The number of fused-ring (bicyclic) bond motifs is 1. The number of nitrogens with zero attached hydrogens (tertiary/aromatic N) is 1. The van der Waals surface area contributed by atoms with E-state index in [0.717, 1.165) is 21.9 Å². The highest BCUT2D eigenvalue weighted by Gasteiger charge is 2.15. The van der Waals surface area contributed by atoms with E-state index in [4.69, 9.17) is 4.74 Å². The van der Waals surface area contributed by atoms with E-state index in [-0.39, 0.29) is 17.6 Å². The lowest BCUT2D eigenvalue weighted by Gasteiger charge is -2.17. The second-order valence-electron chi connectivity index (χ2n) is 7.27. The molecule has 1 aliphatic heterocycles. The molecule has 3 aromatic rings. The molecule has 0 spiro atoms. The number of ether oxygens (including phenoxy) is 1. The van der Waals surface area contributed by atoms with Crippen LogP contribution in [0, 0.1) is 5.82 Å². The number of aromatic nitrogens is 1. The molecule has 0 unspecified atom stereocenters. The first-order chi connectivity index (χ1) is 15.1. The lowest BCUT2D eigenvalue weighted by atomic mass is 10.0. The molecule has 2 N–H and O–H groups in total. The Morgan fingerprint density at radius 2 is 2.10 bits per heavy atom. The number of amides is 2. The van der Waals surface area contributed by atoms with E-state index in [1.807, 2.05) is 18.2 Å². The van der Waals surface area contributed by atoms with Gasteiger partial charge in [0, 0.05) is 36.0 Å². The molecule has 1 aromatic heterocycles. The minimum atomic E-state index is -0.245. The average molecular weight is 440 g/mol. The molecule has 1 aliphatic rings. The number of carbonyl (C=O) groups is 2. The van der Waals surface area contributed by atoms with Crippen LogP contribution in [-0.2, 0) is 22.4 Å². The third-order valence-corrected chi connectivity index (χ3v) is 5.82. The Kier molecular flexibility index (Phi) is 6.57. The van der Waals surface area contributed by atoms with Crippen LogP contribution in [0.1, 0.15) is 35.3 Å². The van der Waals surface area contributed by atoms with Crippen molar-refractivity contribution < 1.29 is 18.7 Å². The van der Waals surface area contributed by atoms with Crippen LogP contribution in [0.4, 0.5) is 15.2 Å². The van der Waals surface area contributed by atoms with Crippen molar-refractivity contribution in [3.05, 3.63) is 70.5 Å². The molecule has 6 nitrogen and oxygen atoms in total. The van der Waals surface area contributed by atoms with Crippen molar-refractivity contribution in [1.82, 2.24) is 4.98 Å². The predicted octanol–water partition coefficient (Wildman–Crippen LogP) is 4.56. The van der Waals surface area contributed by atoms with E-state index < -0.39 is 0 Å². The normalized spacial score (nSPS) is 12.7. The van der Waals surface area contributed by atoms with Crippen LogP contribution in [0.2, 0.25) is 0 Å². The fourth-order valence-corrected chi connectivity index (χ4v) is 4.18. The van der Waals surface area contributed by atoms with Gasteiger partial charge < -0.3 is 15.4 Å². The van der Waals surface area contributed by atoms with Gasteiger partial charge in [-0.3, -0.25) is 9.59 Å². The van der Waals surface area contributed by atoms with Gasteiger partial charge in [0.15, 0.2) is 5.13 Å². The topological polar surface area (TPSA) is 80.3 Å². The van der Waals surface area contributed by atoms with Crippen molar-refractivity contribution in [3.8, 4) is 5.75 Å². The summed E-state index contributed by atoms with van der Waals surface area (Å²) in [4.78, 5) is 28.7. The molecule has 2 amide bonds. The molecule has 2 heterocycles. The summed E-state index contributed by atoms with van der Waals surface area (Å²) < 4.78 is 19.5. The summed E-state index contributed by atoms with van der Waals surface area (Å²) in [6.45, 7) is 0.412. The molecule has 0 atom stereocenters. The van der Waals surface area contributed by atoms with Gasteiger partial charge >= 0.3 is 0 Å². The Labute approximate surface area is 183 Å². The molecule has 31 heavy (non-hydrogen) atoms. The number of hydrogen-bond acceptors (Lipinski definition) is 5. The van der Waals surface area contributed by atoms with Crippen molar-refractivity contribution in [2.24, 2.45) is 0 Å². The van der Waals surface area contributed by atoms with Crippen LogP contribution >= 0.6 is 11.3 Å². The molecular formula is C23H22FN3O3S. The molecule has 0 aliphatic carbocycles. The summed E-state index contributed by atoms with van der Waals surface area (Å²) in [7, 11) is 0. The number of rotatable bonds is 8. The van der Waals surface area contributed by atoms with Gasteiger partial charge in [-0.2, -0.15) is 0 Å². The molecule has 0 fully saturated rings. The van der Waals surface area contributed by atoms with E-state index in [0.29, 0.717) is 49.4 Å². The number of anilines is 2. The molecule has 0 bridgehead atoms. The van der Waals surface area contributed by atoms with Gasteiger partial charge in [0.05, 0.1) is 6.61 Å². The highest BCUT2D eigenvalue weighted by molar-refractivity contribution is 7.15. The first kappa shape index (κ1) is 21.0. The molecule has 0 saturated carbocycles. The van der Waals surface area contributed by atoms with Crippen molar-refractivity contribution >= 4 is 34.0 Å². The van der Waals surface area contributed by atoms with E-state index >= 15 is 0 Å². The van der Waals surface area contributed by atoms with E-state index in [2.05, 4.69) is 15.6 Å². The lowest BCUT2D eigenvalue weighted by Crippen LogP contribution is -2.18. The van der Waals surface area contributed by atoms with Gasteiger partial charge in [0.2, 0.25) is 11.8 Å². The van der Waals surface area contributed by atoms with Crippen LogP contribution in [0.3, 0.4) is 0 Å². The summed E-state index contributed by atoms with van der Waals surface area (Å²) in [5.41, 5.74) is 2.50. The van der Waals surface area contributed by atoms with E-state index in [1.165, 1.54) is 17.4 Å². The summed E-state index contributed by atoms with van der Waals surface area (Å²) >= 11 is 1.34. The van der Waals surface area contributed by atoms with Crippen molar-refractivity contribution in [3.63, 3.8) is 0 Å². The Hall–Kier alpha value is -3.26. The van der Waals surface area contributed by atoms with Gasteiger partial charge in [0.1, 0.15) is 11.6 Å². The molecule has 4 rings (SSSR count). The Morgan fingerprint density at radius 3 is 2.97 bits per heavy atom. The number of carbonyl (C=O) groups excluding carboxylic acids is 2. The maximum Gasteiger partial charge on any atom is 0.226 e. The molecule has 160 valence electrons. The van der Waals surface area contributed by atoms with Gasteiger partial charge in [-0.1, -0.05) is 18.2 Å². The monoisotopic (exact) mass is 439 g/mol. The fraction of sp³-hybridized carbons (Fsp3) is 0.261. The zero-order chi connectivity index (χ0) is 21.6. The smallest absolute Gasteiger partial charge is 0.226 e. The Balaban J connectivity index is 1.20. The number of benzene rings is 2. The Bertz CT molecular complexity index is 1100. The quantitative estimate of drug-likeness (QED) is 0.505. The zero-order valence-corrected chi connectivity index (χ0v) is 17.6. The summed E-state index contributed by atoms with van der Waals surface area (Å²) in [6.07, 6.45) is 4.16. The molecule has 2 aromatic carbocycles. The number of aryl methyl sites for hydroxylation is 1. The minimum absolute atomic E-state index is 0.0340. The first-order valence-corrected chi connectivity index (χ1v) is 10.9. The van der Waals surface area contributed by atoms with Crippen molar-refractivity contribution in [2.45, 2.75) is 32.1 Å². The average Bonchev–Trinajstić information content (AvgIpc) is 3.19. The minimum Gasteiger partial charge on any atom is -0.494 e. The molecule has 0 saturated heterocycles. The lowest BCUT2D eigenvalue weighted by molar-refractivity contribution is -0.117. The first-order valence-electron chi connectivity index (χ1n) is 10.1. The summed E-state index contributed by atoms with van der Waals surface area (Å²) in [6, 6.07) is 12.2. The summed E-state index contributed by atoms with van der Waals surface area (Å²) in [5.74, 6) is 0.383.